The highest BCUT2D eigenvalue weighted by Gasteiger charge is 2.21. The molecular weight excluding hydrogens is 234 g/mol. The van der Waals surface area contributed by atoms with Gasteiger partial charge in [0.2, 0.25) is 0 Å². The molecule has 1 aromatic carbocycles. The molecule has 0 saturated heterocycles. The van der Waals surface area contributed by atoms with Crippen LogP contribution in [0.25, 0.3) is 0 Å². The highest BCUT2D eigenvalue weighted by Crippen LogP contribution is 2.24. The number of aliphatic hydroxyl groups is 1. The third-order valence-electron chi connectivity index (χ3n) is 2.66. The SMILES string of the molecule is COc1ccc(O)c(C(=O)N(CCO)C(C)C)c1. The summed E-state index contributed by atoms with van der Waals surface area (Å²) in [5.74, 6) is 0.0868. The molecule has 0 aliphatic heterocycles. The molecular formula is C13H19NO4. The zero-order valence-corrected chi connectivity index (χ0v) is 10.9. The van der Waals surface area contributed by atoms with Crippen LogP contribution < -0.4 is 4.74 Å². The van der Waals surface area contributed by atoms with Crippen LogP contribution in [0.1, 0.15) is 24.2 Å². The molecule has 0 heterocycles. The Labute approximate surface area is 107 Å². The van der Waals surface area contributed by atoms with E-state index in [0.717, 1.165) is 0 Å². The lowest BCUT2D eigenvalue weighted by atomic mass is 10.1. The first-order chi connectivity index (χ1) is 8.51. The molecule has 0 spiro atoms. The van der Waals surface area contributed by atoms with Gasteiger partial charge < -0.3 is 19.8 Å². The minimum Gasteiger partial charge on any atom is -0.507 e. The maximum Gasteiger partial charge on any atom is 0.258 e. The normalized spacial score (nSPS) is 10.5. The van der Waals surface area contributed by atoms with Gasteiger partial charge in [-0.2, -0.15) is 0 Å². The molecule has 0 aliphatic carbocycles. The van der Waals surface area contributed by atoms with Gasteiger partial charge in [-0.3, -0.25) is 4.79 Å². The van der Waals surface area contributed by atoms with E-state index in [1.54, 1.807) is 6.07 Å². The van der Waals surface area contributed by atoms with Crippen LogP contribution in [0, 0.1) is 0 Å². The summed E-state index contributed by atoms with van der Waals surface area (Å²) in [6.45, 7) is 3.82. The third kappa shape index (κ3) is 3.13. The van der Waals surface area contributed by atoms with E-state index in [0.29, 0.717) is 5.75 Å². The lowest BCUT2D eigenvalue weighted by Crippen LogP contribution is -2.39. The molecule has 5 heteroatoms. The van der Waals surface area contributed by atoms with Gasteiger partial charge in [0.05, 0.1) is 19.3 Å². The Morgan fingerprint density at radius 3 is 2.61 bits per heavy atom. The van der Waals surface area contributed by atoms with Crippen molar-refractivity contribution in [3.8, 4) is 11.5 Å². The first-order valence-corrected chi connectivity index (χ1v) is 5.80. The summed E-state index contributed by atoms with van der Waals surface area (Å²) in [4.78, 5) is 13.8. The van der Waals surface area contributed by atoms with Crippen molar-refractivity contribution in [2.24, 2.45) is 0 Å². The lowest BCUT2D eigenvalue weighted by Gasteiger charge is -2.26. The summed E-state index contributed by atoms with van der Waals surface area (Å²) in [5, 5.41) is 18.7. The molecule has 1 amide bonds. The monoisotopic (exact) mass is 253 g/mol. The van der Waals surface area contributed by atoms with Crippen molar-refractivity contribution in [3.63, 3.8) is 0 Å². The van der Waals surface area contributed by atoms with Gasteiger partial charge in [0.1, 0.15) is 11.5 Å². The van der Waals surface area contributed by atoms with Crippen molar-refractivity contribution in [2.45, 2.75) is 19.9 Å². The molecule has 0 unspecified atom stereocenters. The van der Waals surface area contributed by atoms with Crippen LogP contribution >= 0.6 is 0 Å². The molecule has 0 aromatic heterocycles. The summed E-state index contributed by atoms with van der Waals surface area (Å²) in [6.07, 6.45) is 0. The standard InChI is InChI=1S/C13H19NO4/c1-9(2)14(6-7-15)13(17)11-8-10(18-3)4-5-12(11)16/h4-5,8-9,15-16H,6-7H2,1-3H3. The number of amides is 1. The molecule has 18 heavy (non-hydrogen) atoms. The van der Waals surface area contributed by atoms with Gasteiger partial charge >= 0.3 is 0 Å². The van der Waals surface area contributed by atoms with Crippen molar-refractivity contribution in [3.05, 3.63) is 23.8 Å². The minimum atomic E-state index is -0.324. The number of carbonyl (C=O) groups excluding carboxylic acids is 1. The summed E-state index contributed by atoms with van der Waals surface area (Å²) in [6, 6.07) is 4.43. The summed E-state index contributed by atoms with van der Waals surface area (Å²) >= 11 is 0. The number of ether oxygens (including phenoxy) is 1. The van der Waals surface area contributed by atoms with Crippen LogP contribution in [0.4, 0.5) is 0 Å². The Kier molecular flexibility index (Phi) is 4.97. The zero-order chi connectivity index (χ0) is 13.7. The van der Waals surface area contributed by atoms with Gasteiger partial charge in [0, 0.05) is 12.6 Å². The van der Waals surface area contributed by atoms with Gasteiger partial charge in [-0.05, 0) is 32.0 Å². The minimum absolute atomic E-state index is 0.0600. The number of aliphatic hydroxyl groups excluding tert-OH is 1. The fraction of sp³-hybridized carbons (Fsp3) is 0.462. The number of hydrogen-bond acceptors (Lipinski definition) is 4. The van der Waals surface area contributed by atoms with Crippen LogP contribution in [0.5, 0.6) is 11.5 Å². The first kappa shape index (κ1) is 14.3. The van der Waals surface area contributed by atoms with Crippen molar-refractivity contribution in [1.82, 2.24) is 4.90 Å². The van der Waals surface area contributed by atoms with Crippen LogP contribution in [0.3, 0.4) is 0 Å². The fourth-order valence-corrected chi connectivity index (χ4v) is 1.67. The van der Waals surface area contributed by atoms with Crippen LogP contribution in [-0.4, -0.2) is 47.3 Å². The Morgan fingerprint density at radius 1 is 1.44 bits per heavy atom. The largest absolute Gasteiger partial charge is 0.507 e. The molecule has 0 fully saturated rings. The Balaban J connectivity index is 3.07. The van der Waals surface area contributed by atoms with E-state index >= 15 is 0 Å². The topological polar surface area (TPSA) is 70.0 Å². The number of benzene rings is 1. The summed E-state index contributed by atoms with van der Waals surface area (Å²) < 4.78 is 5.03. The molecule has 5 nitrogen and oxygen atoms in total. The first-order valence-electron chi connectivity index (χ1n) is 5.80. The van der Waals surface area contributed by atoms with E-state index in [-0.39, 0.29) is 36.4 Å². The van der Waals surface area contributed by atoms with Gasteiger partial charge in [-0.15, -0.1) is 0 Å². The third-order valence-corrected chi connectivity index (χ3v) is 2.66. The van der Waals surface area contributed by atoms with Crippen molar-refractivity contribution >= 4 is 5.91 Å². The molecule has 1 aromatic rings. The van der Waals surface area contributed by atoms with Crippen molar-refractivity contribution < 1.29 is 19.7 Å². The molecule has 1 rings (SSSR count). The predicted octanol–water partition coefficient (Wildman–Crippen LogP) is 1.24. The van der Waals surface area contributed by atoms with Crippen LogP contribution in [0.2, 0.25) is 0 Å². The number of phenolic OH excluding ortho intramolecular Hbond substituents is 1. The Hall–Kier alpha value is -1.75. The van der Waals surface area contributed by atoms with E-state index < -0.39 is 0 Å². The summed E-state index contributed by atoms with van der Waals surface area (Å²) in [5.41, 5.74) is 0.177. The van der Waals surface area contributed by atoms with Gasteiger partial charge in [0.15, 0.2) is 0 Å². The van der Waals surface area contributed by atoms with E-state index in [4.69, 9.17) is 9.84 Å². The molecule has 2 N–H and O–H groups in total. The lowest BCUT2D eigenvalue weighted by molar-refractivity contribution is 0.0662. The van der Waals surface area contributed by atoms with Crippen LogP contribution in [0.15, 0.2) is 18.2 Å². The second kappa shape index (κ2) is 6.26. The smallest absolute Gasteiger partial charge is 0.258 e. The average molecular weight is 253 g/mol. The molecule has 0 bridgehead atoms. The number of nitrogens with zero attached hydrogens (tertiary/aromatic N) is 1. The van der Waals surface area contributed by atoms with Crippen LogP contribution in [-0.2, 0) is 0 Å². The fourth-order valence-electron chi connectivity index (χ4n) is 1.67. The van der Waals surface area contributed by atoms with E-state index in [9.17, 15) is 9.90 Å². The highest BCUT2D eigenvalue weighted by molar-refractivity contribution is 5.97. The zero-order valence-electron chi connectivity index (χ0n) is 10.9. The molecule has 0 aliphatic rings. The molecule has 0 saturated carbocycles. The second-order valence-electron chi connectivity index (χ2n) is 4.20. The maximum atomic E-state index is 12.3. The maximum absolute atomic E-state index is 12.3. The van der Waals surface area contributed by atoms with Gasteiger partial charge in [0.25, 0.3) is 5.91 Å². The number of phenols is 1. The molecule has 0 atom stereocenters. The van der Waals surface area contributed by atoms with Crippen molar-refractivity contribution in [1.29, 1.82) is 0 Å². The van der Waals surface area contributed by atoms with Gasteiger partial charge in [-0.25, -0.2) is 0 Å². The van der Waals surface area contributed by atoms with Gasteiger partial charge in [-0.1, -0.05) is 0 Å². The van der Waals surface area contributed by atoms with Crippen molar-refractivity contribution in [2.75, 3.05) is 20.3 Å². The second-order valence-corrected chi connectivity index (χ2v) is 4.20. The predicted molar refractivity (Wildman–Crippen MR) is 67.9 cm³/mol. The average Bonchev–Trinajstić information content (AvgIpc) is 2.35. The highest BCUT2D eigenvalue weighted by atomic mass is 16.5. The Morgan fingerprint density at radius 2 is 2.11 bits per heavy atom. The van der Waals surface area contributed by atoms with E-state index in [1.165, 1.54) is 24.1 Å². The quantitative estimate of drug-likeness (QED) is 0.828. The number of rotatable bonds is 5. The number of methoxy groups -OCH3 is 1. The van der Waals surface area contributed by atoms with E-state index in [1.807, 2.05) is 13.8 Å². The number of aromatic hydroxyl groups is 1. The summed E-state index contributed by atoms with van der Waals surface area (Å²) in [7, 11) is 1.49. The number of carbonyl (C=O) groups is 1. The molecule has 100 valence electrons. The van der Waals surface area contributed by atoms with E-state index in [2.05, 4.69) is 0 Å². The Bertz CT molecular complexity index is 417. The molecule has 0 radical (unpaired) electrons. The number of hydrogen-bond donors (Lipinski definition) is 2.